The summed E-state index contributed by atoms with van der Waals surface area (Å²) in [5.74, 6) is 0.748. The van der Waals surface area contributed by atoms with Crippen LogP contribution in [-0.2, 0) is 0 Å². The molecule has 0 aliphatic carbocycles. The first-order chi connectivity index (χ1) is 9.06. The first-order valence-corrected chi connectivity index (χ1v) is 6.92. The van der Waals surface area contributed by atoms with E-state index in [4.69, 9.17) is 16.1 Å². The molecule has 0 unspecified atom stereocenters. The van der Waals surface area contributed by atoms with E-state index in [-0.39, 0.29) is 0 Å². The molecule has 5 heteroatoms. The highest BCUT2D eigenvalue weighted by Crippen LogP contribution is 2.32. The SMILES string of the molecule is Cc1noc(C)c1-c1cc(Cl)c2cc(Br)ccc2n1. The quantitative estimate of drug-likeness (QED) is 0.632. The molecule has 0 radical (unpaired) electrons. The van der Waals surface area contributed by atoms with E-state index in [0.29, 0.717) is 5.02 Å². The van der Waals surface area contributed by atoms with E-state index in [0.717, 1.165) is 38.1 Å². The van der Waals surface area contributed by atoms with Crippen LogP contribution in [0, 0.1) is 13.8 Å². The monoisotopic (exact) mass is 336 g/mol. The molecule has 0 bridgehead atoms. The van der Waals surface area contributed by atoms with Crippen molar-refractivity contribution >= 4 is 38.4 Å². The lowest BCUT2D eigenvalue weighted by Crippen LogP contribution is -1.89. The third kappa shape index (κ3) is 2.15. The molecule has 3 aromatic rings. The summed E-state index contributed by atoms with van der Waals surface area (Å²) in [4.78, 5) is 4.64. The maximum Gasteiger partial charge on any atom is 0.143 e. The summed E-state index contributed by atoms with van der Waals surface area (Å²) >= 11 is 9.78. The van der Waals surface area contributed by atoms with Crippen molar-refractivity contribution in [1.29, 1.82) is 0 Å². The van der Waals surface area contributed by atoms with Gasteiger partial charge in [0.05, 0.1) is 27.5 Å². The van der Waals surface area contributed by atoms with Crippen LogP contribution >= 0.6 is 27.5 Å². The summed E-state index contributed by atoms with van der Waals surface area (Å²) in [6.45, 7) is 3.77. The minimum Gasteiger partial charge on any atom is -0.361 e. The number of hydrogen-bond acceptors (Lipinski definition) is 3. The molecule has 19 heavy (non-hydrogen) atoms. The second kappa shape index (κ2) is 4.62. The van der Waals surface area contributed by atoms with E-state index in [1.807, 2.05) is 38.1 Å². The van der Waals surface area contributed by atoms with Crippen molar-refractivity contribution in [1.82, 2.24) is 10.1 Å². The van der Waals surface area contributed by atoms with Gasteiger partial charge in [-0.2, -0.15) is 0 Å². The molecule has 2 heterocycles. The van der Waals surface area contributed by atoms with Gasteiger partial charge in [0, 0.05) is 9.86 Å². The highest BCUT2D eigenvalue weighted by Gasteiger charge is 2.15. The third-order valence-corrected chi connectivity index (χ3v) is 3.82. The number of fused-ring (bicyclic) bond motifs is 1. The molecule has 0 aliphatic heterocycles. The van der Waals surface area contributed by atoms with Crippen molar-refractivity contribution < 1.29 is 4.52 Å². The van der Waals surface area contributed by atoms with E-state index in [1.54, 1.807) is 0 Å². The lowest BCUT2D eigenvalue weighted by molar-refractivity contribution is 0.393. The second-order valence-corrected chi connectivity index (χ2v) is 5.67. The molecule has 0 fully saturated rings. The molecule has 0 aliphatic rings. The highest BCUT2D eigenvalue weighted by molar-refractivity contribution is 9.10. The number of nitrogens with zero attached hydrogens (tertiary/aromatic N) is 2. The normalized spacial score (nSPS) is 11.2. The number of hydrogen-bond donors (Lipinski definition) is 0. The Morgan fingerprint density at radius 3 is 2.68 bits per heavy atom. The number of rotatable bonds is 1. The summed E-state index contributed by atoms with van der Waals surface area (Å²) in [7, 11) is 0. The van der Waals surface area contributed by atoms with Crippen LogP contribution < -0.4 is 0 Å². The molecule has 0 saturated heterocycles. The van der Waals surface area contributed by atoms with Gasteiger partial charge < -0.3 is 4.52 Å². The van der Waals surface area contributed by atoms with Gasteiger partial charge in [-0.3, -0.25) is 0 Å². The predicted octanol–water partition coefficient (Wildman–Crippen LogP) is 4.92. The third-order valence-electron chi connectivity index (χ3n) is 3.01. The van der Waals surface area contributed by atoms with Gasteiger partial charge >= 0.3 is 0 Å². The molecule has 3 rings (SSSR count). The Bertz CT molecular complexity index is 763. The average Bonchev–Trinajstić information content (AvgIpc) is 2.70. The molecule has 0 saturated carbocycles. The van der Waals surface area contributed by atoms with Crippen molar-refractivity contribution in [3.8, 4) is 11.3 Å². The number of pyridine rings is 1. The van der Waals surface area contributed by atoms with Crippen LogP contribution in [0.15, 0.2) is 33.3 Å². The van der Waals surface area contributed by atoms with Gasteiger partial charge in [-0.25, -0.2) is 4.98 Å². The van der Waals surface area contributed by atoms with Gasteiger partial charge in [-0.1, -0.05) is 32.7 Å². The van der Waals surface area contributed by atoms with Crippen LogP contribution in [0.5, 0.6) is 0 Å². The Kier molecular flexibility index (Phi) is 3.07. The van der Waals surface area contributed by atoms with Crippen molar-refractivity contribution in [2.75, 3.05) is 0 Å². The molecular formula is C14H10BrClN2O. The van der Waals surface area contributed by atoms with Crippen LogP contribution in [0.25, 0.3) is 22.2 Å². The van der Waals surface area contributed by atoms with E-state index in [2.05, 4.69) is 26.1 Å². The van der Waals surface area contributed by atoms with Crippen LogP contribution in [0.1, 0.15) is 11.5 Å². The molecule has 2 aromatic heterocycles. The standard InChI is InChI=1S/C14H10BrClN2O/c1-7-14(8(2)19-18-7)13-6-11(16)10-5-9(15)3-4-12(10)17-13/h3-6H,1-2H3. The van der Waals surface area contributed by atoms with Crippen molar-refractivity contribution in [3.63, 3.8) is 0 Å². The van der Waals surface area contributed by atoms with Crippen molar-refractivity contribution in [2.24, 2.45) is 0 Å². The molecular weight excluding hydrogens is 328 g/mol. The van der Waals surface area contributed by atoms with E-state index in [9.17, 15) is 0 Å². The average molecular weight is 338 g/mol. The lowest BCUT2D eigenvalue weighted by atomic mass is 10.1. The number of benzene rings is 1. The Morgan fingerprint density at radius 1 is 1.21 bits per heavy atom. The zero-order chi connectivity index (χ0) is 13.6. The molecule has 0 amide bonds. The Balaban J connectivity index is 2.30. The number of halogens is 2. The lowest BCUT2D eigenvalue weighted by Gasteiger charge is -2.05. The summed E-state index contributed by atoms with van der Waals surface area (Å²) in [6, 6.07) is 7.69. The largest absolute Gasteiger partial charge is 0.361 e. The zero-order valence-electron chi connectivity index (χ0n) is 10.4. The van der Waals surface area contributed by atoms with E-state index < -0.39 is 0 Å². The predicted molar refractivity (Wildman–Crippen MR) is 79.4 cm³/mol. The molecule has 3 nitrogen and oxygen atoms in total. The van der Waals surface area contributed by atoms with Gasteiger partial charge in [0.25, 0.3) is 0 Å². The molecule has 0 atom stereocenters. The number of aryl methyl sites for hydroxylation is 2. The zero-order valence-corrected chi connectivity index (χ0v) is 12.7. The topological polar surface area (TPSA) is 38.9 Å². The van der Waals surface area contributed by atoms with Crippen LogP contribution in [0.3, 0.4) is 0 Å². The molecule has 0 N–H and O–H groups in total. The minimum absolute atomic E-state index is 0.668. The van der Waals surface area contributed by atoms with Crippen LogP contribution in [0.2, 0.25) is 5.02 Å². The first-order valence-electron chi connectivity index (χ1n) is 5.75. The van der Waals surface area contributed by atoms with Crippen LogP contribution in [-0.4, -0.2) is 10.1 Å². The number of aromatic nitrogens is 2. The van der Waals surface area contributed by atoms with E-state index >= 15 is 0 Å². The minimum atomic E-state index is 0.668. The summed E-state index contributed by atoms with van der Waals surface area (Å²) < 4.78 is 6.16. The molecule has 0 spiro atoms. The van der Waals surface area contributed by atoms with Crippen molar-refractivity contribution in [3.05, 3.63) is 45.2 Å². The summed E-state index contributed by atoms with van der Waals surface area (Å²) in [5.41, 5.74) is 3.37. The van der Waals surface area contributed by atoms with Gasteiger partial charge in [-0.05, 0) is 38.1 Å². The Morgan fingerprint density at radius 2 is 2.00 bits per heavy atom. The maximum atomic E-state index is 6.34. The van der Waals surface area contributed by atoms with Gasteiger partial charge in [0.2, 0.25) is 0 Å². The van der Waals surface area contributed by atoms with E-state index in [1.165, 1.54) is 0 Å². The molecule has 1 aromatic carbocycles. The smallest absolute Gasteiger partial charge is 0.143 e. The molecule has 96 valence electrons. The Hall–Kier alpha value is -1.39. The van der Waals surface area contributed by atoms with Gasteiger partial charge in [-0.15, -0.1) is 0 Å². The Labute approximate surface area is 123 Å². The van der Waals surface area contributed by atoms with Gasteiger partial charge in [0.15, 0.2) is 0 Å². The maximum absolute atomic E-state index is 6.34. The first kappa shape index (κ1) is 12.6. The van der Waals surface area contributed by atoms with Crippen LogP contribution in [0.4, 0.5) is 0 Å². The van der Waals surface area contributed by atoms with Crippen molar-refractivity contribution in [2.45, 2.75) is 13.8 Å². The fourth-order valence-electron chi connectivity index (χ4n) is 2.13. The van der Waals surface area contributed by atoms with Gasteiger partial charge in [0.1, 0.15) is 5.76 Å². The fourth-order valence-corrected chi connectivity index (χ4v) is 2.75. The second-order valence-electron chi connectivity index (χ2n) is 4.35. The highest BCUT2D eigenvalue weighted by atomic mass is 79.9. The fraction of sp³-hybridized carbons (Fsp3) is 0.143. The summed E-state index contributed by atoms with van der Waals surface area (Å²) in [5, 5.41) is 5.54. The summed E-state index contributed by atoms with van der Waals surface area (Å²) in [6.07, 6.45) is 0.